The molecule has 0 aromatic heterocycles. The number of benzene rings is 5. The van der Waals surface area contributed by atoms with Crippen molar-refractivity contribution in [1.29, 1.82) is 0 Å². The van der Waals surface area contributed by atoms with E-state index in [2.05, 4.69) is 27.7 Å². The highest BCUT2D eigenvalue weighted by molar-refractivity contribution is 6.20. The smallest absolute Gasteiger partial charge is 0.163 e. The highest BCUT2D eigenvalue weighted by atomic mass is 16.5. The molecule has 0 atom stereocenters. The molecule has 0 radical (unpaired) electrons. The number of hydrogen-bond acceptors (Lipinski definition) is 10. The Labute approximate surface area is 368 Å². The number of nitrogen functional groups attached to an aromatic ring is 2. The van der Waals surface area contributed by atoms with Gasteiger partial charge in [-0.25, -0.2) is 9.98 Å². The Kier molecular flexibility index (Phi) is 18.9. The summed E-state index contributed by atoms with van der Waals surface area (Å²) in [4.78, 5) is 10.3. The predicted molar refractivity (Wildman–Crippen MR) is 255 cm³/mol. The van der Waals surface area contributed by atoms with E-state index in [-0.39, 0.29) is 11.5 Å². The highest BCUT2D eigenvalue weighted by Gasteiger charge is 2.22. The minimum atomic E-state index is -0.182. The Morgan fingerprint density at radius 2 is 0.758 bits per heavy atom. The number of phenols is 2. The zero-order valence-corrected chi connectivity index (χ0v) is 37.1. The van der Waals surface area contributed by atoms with Crippen LogP contribution in [0, 0.1) is 0 Å². The Bertz CT molecular complexity index is 2060. The van der Waals surface area contributed by atoms with Crippen molar-refractivity contribution in [3.63, 3.8) is 0 Å². The summed E-state index contributed by atoms with van der Waals surface area (Å²) >= 11 is 0. The zero-order valence-electron chi connectivity index (χ0n) is 37.1. The molecule has 0 fully saturated rings. The van der Waals surface area contributed by atoms with Crippen LogP contribution in [-0.4, -0.2) is 48.1 Å². The summed E-state index contributed by atoms with van der Waals surface area (Å²) < 4.78 is 25.0. The fraction of sp³-hybridized carbons (Fsp3) is 0.385. The van der Waals surface area contributed by atoms with Gasteiger partial charge in [-0.15, -0.1) is 0 Å². The molecule has 5 aromatic rings. The van der Waals surface area contributed by atoms with Gasteiger partial charge in [0.05, 0.1) is 60.6 Å². The monoisotopic (exact) mass is 842 g/mol. The summed E-state index contributed by atoms with van der Waals surface area (Å²) in [6, 6.07) is 29.2. The van der Waals surface area contributed by atoms with Gasteiger partial charge < -0.3 is 40.6 Å². The second-order valence-electron chi connectivity index (χ2n) is 15.5. The Hall–Kier alpha value is -6.16. The van der Waals surface area contributed by atoms with Crippen LogP contribution in [0.2, 0.25) is 0 Å². The maximum absolute atomic E-state index is 11.7. The Morgan fingerprint density at radius 3 is 1.08 bits per heavy atom. The molecular weight excluding hydrogens is 777 g/mol. The van der Waals surface area contributed by atoms with Crippen LogP contribution in [0.25, 0.3) is 0 Å². The lowest BCUT2D eigenvalue weighted by molar-refractivity contribution is 0.260. The van der Waals surface area contributed by atoms with Crippen molar-refractivity contribution in [3.8, 4) is 34.5 Å². The van der Waals surface area contributed by atoms with Gasteiger partial charge in [-0.2, -0.15) is 0 Å². The molecule has 0 saturated heterocycles. The molecule has 0 aliphatic heterocycles. The molecule has 6 N–H and O–H groups in total. The molecule has 5 aromatic carbocycles. The van der Waals surface area contributed by atoms with Crippen molar-refractivity contribution in [2.75, 3.05) is 37.9 Å². The molecule has 10 heteroatoms. The number of nitrogens with zero attached hydrogens (tertiary/aromatic N) is 2. The SMILES string of the molecule is CCCCCOc1cc(N)c(N=C(c2ccccc2)c2cc(C(=Nc3cc(OCCCCC)c(OCCCCC)cc3N)c3ccccc3)c(O)cc2O)cc1OCCCCC. The second-order valence-corrected chi connectivity index (χ2v) is 15.5. The lowest BCUT2D eigenvalue weighted by atomic mass is 9.94. The van der Waals surface area contributed by atoms with Gasteiger partial charge in [0.2, 0.25) is 0 Å². The van der Waals surface area contributed by atoms with Crippen molar-refractivity contribution in [2.24, 2.45) is 9.98 Å². The van der Waals surface area contributed by atoms with E-state index in [0.29, 0.717) is 106 Å². The lowest BCUT2D eigenvalue weighted by Crippen LogP contribution is -2.09. The minimum Gasteiger partial charge on any atom is -0.507 e. The number of nitrogens with two attached hydrogens (primary N) is 2. The van der Waals surface area contributed by atoms with Gasteiger partial charge in [-0.05, 0) is 31.7 Å². The molecule has 0 amide bonds. The van der Waals surface area contributed by atoms with Crippen molar-refractivity contribution >= 4 is 34.2 Å². The largest absolute Gasteiger partial charge is 0.507 e. The fourth-order valence-corrected chi connectivity index (χ4v) is 6.86. The second kappa shape index (κ2) is 24.9. The number of aliphatic imine (C=N–C) groups is 2. The highest BCUT2D eigenvalue weighted by Crippen LogP contribution is 2.41. The van der Waals surface area contributed by atoms with E-state index in [0.717, 1.165) is 77.0 Å². The zero-order chi connectivity index (χ0) is 44.1. The van der Waals surface area contributed by atoms with Gasteiger partial charge in [0, 0.05) is 52.6 Å². The summed E-state index contributed by atoms with van der Waals surface area (Å²) in [6.07, 6.45) is 12.1. The van der Waals surface area contributed by atoms with Crippen molar-refractivity contribution in [3.05, 3.63) is 119 Å². The molecule has 62 heavy (non-hydrogen) atoms. The van der Waals surface area contributed by atoms with E-state index in [4.69, 9.17) is 40.4 Å². The van der Waals surface area contributed by atoms with Crippen molar-refractivity contribution in [1.82, 2.24) is 0 Å². The number of aromatic hydroxyl groups is 2. The predicted octanol–water partition coefficient (Wildman–Crippen LogP) is 12.9. The average molecular weight is 843 g/mol. The molecule has 0 unspecified atom stereocenters. The molecular formula is C52H66N4O6. The Morgan fingerprint density at radius 1 is 0.435 bits per heavy atom. The standard InChI is InChI=1S/C52H66N4O6/c1-5-9-19-27-59-47-32-41(53)43(34-49(47)61-29-21-11-7-3)55-51(37-23-15-13-16-24-37)39-31-40(46(58)36-45(39)57)52(38-25-17-14-18-26-38)56-44-35-50(62-30-22-12-8-4)48(33-42(44)54)60-28-20-10-6-2/h13-18,23-26,31-36,57-58H,5-12,19-22,27-30,53-54H2,1-4H3. The van der Waals surface area contributed by atoms with Crippen LogP contribution in [-0.2, 0) is 0 Å². The minimum absolute atomic E-state index is 0.182. The number of anilines is 2. The first-order chi connectivity index (χ1) is 30.3. The summed E-state index contributed by atoms with van der Waals surface area (Å²) in [6.45, 7) is 10.7. The van der Waals surface area contributed by atoms with Gasteiger partial charge in [0.1, 0.15) is 11.5 Å². The number of hydrogen-bond donors (Lipinski definition) is 4. The first-order valence-corrected chi connectivity index (χ1v) is 22.5. The molecule has 5 rings (SSSR count). The quantitative estimate of drug-likeness (QED) is 0.0244. The van der Waals surface area contributed by atoms with Crippen LogP contribution in [0.3, 0.4) is 0 Å². The van der Waals surface area contributed by atoms with Crippen LogP contribution in [0.5, 0.6) is 34.5 Å². The van der Waals surface area contributed by atoms with E-state index < -0.39 is 0 Å². The maximum Gasteiger partial charge on any atom is 0.163 e. The van der Waals surface area contributed by atoms with E-state index in [9.17, 15) is 10.2 Å². The molecule has 0 spiro atoms. The molecule has 0 saturated carbocycles. The maximum atomic E-state index is 11.7. The van der Waals surface area contributed by atoms with Crippen LogP contribution >= 0.6 is 0 Å². The van der Waals surface area contributed by atoms with Gasteiger partial charge in [-0.3, -0.25) is 0 Å². The third-order valence-corrected chi connectivity index (χ3v) is 10.4. The summed E-state index contributed by atoms with van der Waals surface area (Å²) in [5, 5.41) is 23.3. The summed E-state index contributed by atoms with van der Waals surface area (Å²) in [5.41, 5.74) is 18.1. The van der Waals surface area contributed by atoms with E-state index in [1.807, 2.05) is 60.7 Å². The van der Waals surface area contributed by atoms with Gasteiger partial charge in [0.25, 0.3) is 0 Å². The molecule has 0 aliphatic carbocycles. The van der Waals surface area contributed by atoms with Crippen molar-refractivity contribution in [2.45, 2.75) is 105 Å². The van der Waals surface area contributed by atoms with Gasteiger partial charge in [0.15, 0.2) is 23.0 Å². The van der Waals surface area contributed by atoms with E-state index >= 15 is 0 Å². The fourth-order valence-electron chi connectivity index (χ4n) is 6.86. The van der Waals surface area contributed by atoms with Crippen LogP contribution < -0.4 is 30.4 Å². The average Bonchev–Trinajstić information content (AvgIpc) is 3.28. The molecule has 0 aliphatic rings. The molecule has 10 nitrogen and oxygen atoms in total. The number of ether oxygens (including phenoxy) is 4. The number of unbranched alkanes of at least 4 members (excludes halogenated alkanes) is 8. The number of phenolic OH excluding ortho intramolecular Hbond substituents is 2. The van der Waals surface area contributed by atoms with E-state index in [1.165, 1.54) is 6.07 Å². The number of rotatable bonds is 26. The molecule has 0 heterocycles. The Balaban J connectivity index is 1.66. The lowest BCUT2D eigenvalue weighted by Gasteiger charge is -2.18. The van der Waals surface area contributed by atoms with Crippen molar-refractivity contribution < 1.29 is 29.2 Å². The third-order valence-electron chi connectivity index (χ3n) is 10.4. The van der Waals surface area contributed by atoms with E-state index in [1.54, 1.807) is 30.3 Å². The normalized spacial score (nSPS) is 11.7. The molecule has 330 valence electrons. The van der Waals surface area contributed by atoms with Crippen LogP contribution in [0.1, 0.15) is 127 Å². The summed E-state index contributed by atoms with van der Waals surface area (Å²) in [5.74, 6) is 1.88. The first kappa shape index (κ1) is 46.9. The van der Waals surface area contributed by atoms with Crippen LogP contribution in [0.15, 0.2) is 107 Å². The molecule has 0 bridgehead atoms. The topological polar surface area (TPSA) is 154 Å². The van der Waals surface area contributed by atoms with Crippen LogP contribution in [0.4, 0.5) is 22.7 Å². The third kappa shape index (κ3) is 13.4. The first-order valence-electron chi connectivity index (χ1n) is 22.5. The summed E-state index contributed by atoms with van der Waals surface area (Å²) in [7, 11) is 0. The van der Waals surface area contributed by atoms with Gasteiger partial charge in [-0.1, -0.05) is 140 Å². The van der Waals surface area contributed by atoms with Gasteiger partial charge >= 0.3 is 0 Å².